The van der Waals surface area contributed by atoms with Crippen molar-refractivity contribution < 1.29 is 9.59 Å². The van der Waals surface area contributed by atoms with E-state index < -0.39 is 0 Å². The summed E-state index contributed by atoms with van der Waals surface area (Å²) in [5, 5.41) is 0.890. The first-order valence-corrected chi connectivity index (χ1v) is 6.54. The quantitative estimate of drug-likeness (QED) is 0.802. The van der Waals surface area contributed by atoms with E-state index in [1.165, 1.54) is 0 Å². The fourth-order valence-corrected chi connectivity index (χ4v) is 2.48. The van der Waals surface area contributed by atoms with Gasteiger partial charge in [0, 0.05) is 36.5 Å². The van der Waals surface area contributed by atoms with Gasteiger partial charge < -0.3 is 0 Å². The molecule has 1 aliphatic heterocycles. The number of carbonyl (C=O) groups is 2. The molecule has 96 valence electrons. The van der Waals surface area contributed by atoms with Crippen molar-refractivity contribution in [2.24, 2.45) is 0 Å². The Balaban J connectivity index is 2.01. The summed E-state index contributed by atoms with van der Waals surface area (Å²) in [5.41, 5.74) is 0.484. The molecule has 5 heteroatoms. The van der Waals surface area contributed by atoms with Crippen LogP contribution in [0, 0.1) is 0 Å². The molecule has 0 atom stereocenters. The van der Waals surface area contributed by atoms with Gasteiger partial charge in [-0.05, 0) is 18.2 Å². The number of nitrogens with zero attached hydrogens (tertiary/aromatic N) is 1. The molecule has 0 unspecified atom stereocenters. The summed E-state index contributed by atoms with van der Waals surface area (Å²) in [6.07, 6.45) is 1.06. The molecule has 1 fully saturated rings. The lowest BCUT2D eigenvalue weighted by molar-refractivity contribution is -0.121. The third kappa shape index (κ3) is 3.31. The normalized spacial score (nSPS) is 16.9. The minimum atomic E-state index is -0.0361. The highest BCUT2D eigenvalue weighted by Crippen LogP contribution is 2.21. The van der Waals surface area contributed by atoms with Gasteiger partial charge in [-0.1, -0.05) is 23.2 Å². The lowest BCUT2D eigenvalue weighted by Gasteiger charge is -2.25. The molecule has 1 heterocycles. The lowest BCUT2D eigenvalue weighted by atomic mass is 10.1. The Labute approximate surface area is 116 Å². The first-order chi connectivity index (χ1) is 8.56. The predicted octanol–water partition coefficient (Wildman–Crippen LogP) is 2.84. The maximum absolute atomic E-state index is 12.1. The van der Waals surface area contributed by atoms with Crippen LogP contribution in [0.15, 0.2) is 18.2 Å². The molecule has 1 aromatic carbocycles. The van der Waals surface area contributed by atoms with E-state index in [4.69, 9.17) is 23.2 Å². The van der Waals surface area contributed by atoms with Crippen LogP contribution in [0.25, 0.3) is 0 Å². The zero-order valence-corrected chi connectivity index (χ0v) is 11.3. The highest BCUT2D eigenvalue weighted by Gasteiger charge is 2.20. The summed E-state index contributed by atoms with van der Waals surface area (Å²) >= 11 is 11.8. The largest absolute Gasteiger partial charge is 0.300 e. The second-order valence-corrected chi connectivity index (χ2v) is 5.21. The molecular weight excluding hydrogens is 273 g/mol. The Morgan fingerprint density at radius 2 is 1.89 bits per heavy atom. The van der Waals surface area contributed by atoms with E-state index in [-0.39, 0.29) is 11.6 Å². The molecule has 1 saturated heterocycles. The van der Waals surface area contributed by atoms with Gasteiger partial charge in [0.1, 0.15) is 5.78 Å². The summed E-state index contributed by atoms with van der Waals surface area (Å²) < 4.78 is 0. The molecule has 0 aromatic heterocycles. The minimum Gasteiger partial charge on any atom is -0.300 e. The van der Waals surface area contributed by atoms with Crippen LogP contribution >= 0.6 is 23.2 Å². The smallest absolute Gasteiger partial charge is 0.178 e. The van der Waals surface area contributed by atoms with Crippen molar-refractivity contribution in [3.05, 3.63) is 33.8 Å². The average Bonchev–Trinajstić information content (AvgIpc) is 2.32. The first kappa shape index (κ1) is 13.5. The summed E-state index contributed by atoms with van der Waals surface area (Å²) in [4.78, 5) is 25.2. The molecule has 1 aromatic rings. The molecule has 2 rings (SSSR count). The van der Waals surface area contributed by atoms with E-state index in [0.29, 0.717) is 48.1 Å². The van der Waals surface area contributed by atoms with E-state index in [1.54, 1.807) is 18.2 Å². The first-order valence-electron chi connectivity index (χ1n) is 5.78. The Morgan fingerprint density at radius 3 is 2.50 bits per heavy atom. The molecule has 3 nitrogen and oxygen atoms in total. The molecule has 0 spiro atoms. The van der Waals surface area contributed by atoms with Crippen molar-refractivity contribution in [3.63, 3.8) is 0 Å². The molecule has 0 bridgehead atoms. The van der Waals surface area contributed by atoms with Crippen LogP contribution in [0.3, 0.4) is 0 Å². The van der Waals surface area contributed by atoms with E-state index in [0.717, 1.165) is 0 Å². The van der Waals surface area contributed by atoms with Gasteiger partial charge in [-0.25, -0.2) is 0 Å². The van der Waals surface area contributed by atoms with Gasteiger partial charge in [0.25, 0.3) is 0 Å². The van der Waals surface area contributed by atoms with Crippen LogP contribution < -0.4 is 0 Å². The second kappa shape index (κ2) is 5.83. The molecule has 0 amide bonds. The summed E-state index contributed by atoms with van der Waals surface area (Å²) in [5.74, 6) is 0.231. The zero-order valence-electron chi connectivity index (χ0n) is 9.79. The van der Waals surface area contributed by atoms with Crippen molar-refractivity contribution in [2.45, 2.75) is 12.8 Å². The van der Waals surface area contributed by atoms with Crippen molar-refractivity contribution in [2.75, 3.05) is 19.6 Å². The van der Waals surface area contributed by atoms with Crippen molar-refractivity contribution in [3.8, 4) is 0 Å². The number of likely N-dealkylation sites (tertiary alicyclic amines) is 1. The van der Waals surface area contributed by atoms with Gasteiger partial charge >= 0.3 is 0 Å². The number of carbonyl (C=O) groups excluding carboxylic acids is 2. The molecule has 0 N–H and O–H groups in total. The van der Waals surface area contributed by atoms with E-state index >= 15 is 0 Å². The fraction of sp³-hybridized carbons (Fsp3) is 0.385. The Morgan fingerprint density at radius 1 is 1.22 bits per heavy atom. The summed E-state index contributed by atoms with van der Waals surface area (Å²) in [6, 6.07) is 4.86. The van der Waals surface area contributed by atoms with Crippen LogP contribution in [0.4, 0.5) is 0 Å². The van der Waals surface area contributed by atoms with Gasteiger partial charge in [0.2, 0.25) is 0 Å². The number of piperidine rings is 1. The van der Waals surface area contributed by atoms with Gasteiger partial charge in [0.15, 0.2) is 5.78 Å². The van der Waals surface area contributed by atoms with E-state index in [1.807, 2.05) is 4.90 Å². The monoisotopic (exact) mass is 285 g/mol. The van der Waals surface area contributed by atoms with Gasteiger partial charge in [0.05, 0.1) is 11.6 Å². The average molecular weight is 286 g/mol. The highest BCUT2D eigenvalue weighted by atomic mass is 35.5. The topological polar surface area (TPSA) is 37.4 Å². The van der Waals surface area contributed by atoms with Crippen molar-refractivity contribution in [1.82, 2.24) is 4.90 Å². The standard InChI is InChI=1S/C13H13Cl2NO2/c14-9-1-2-11(12(15)7-9)13(18)8-16-5-3-10(17)4-6-16/h1-2,7H,3-6,8H2. The number of hydrogen-bond acceptors (Lipinski definition) is 3. The number of rotatable bonds is 3. The molecule has 0 radical (unpaired) electrons. The van der Waals surface area contributed by atoms with Crippen LogP contribution in [-0.2, 0) is 4.79 Å². The van der Waals surface area contributed by atoms with Gasteiger partial charge in [-0.3, -0.25) is 14.5 Å². The summed E-state index contributed by atoms with van der Waals surface area (Å²) in [6.45, 7) is 1.60. The summed E-state index contributed by atoms with van der Waals surface area (Å²) in [7, 11) is 0. The Kier molecular flexibility index (Phi) is 4.38. The molecule has 0 aliphatic carbocycles. The highest BCUT2D eigenvalue weighted by molar-refractivity contribution is 6.36. The molecule has 1 aliphatic rings. The third-order valence-corrected chi connectivity index (χ3v) is 3.56. The van der Waals surface area contributed by atoms with Crippen LogP contribution in [0.1, 0.15) is 23.2 Å². The second-order valence-electron chi connectivity index (χ2n) is 4.36. The van der Waals surface area contributed by atoms with E-state index in [2.05, 4.69) is 0 Å². The Bertz CT molecular complexity index is 478. The molecule has 0 saturated carbocycles. The van der Waals surface area contributed by atoms with Gasteiger partial charge in [-0.2, -0.15) is 0 Å². The van der Waals surface area contributed by atoms with Gasteiger partial charge in [-0.15, -0.1) is 0 Å². The number of ketones is 2. The maximum Gasteiger partial charge on any atom is 0.178 e. The maximum atomic E-state index is 12.1. The fourth-order valence-electron chi connectivity index (χ4n) is 1.96. The SMILES string of the molecule is O=C1CCN(CC(=O)c2ccc(Cl)cc2Cl)CC1. The third-order valence-electron chi connectivity index (χ3n) is 3.01. The van der Waals surface area contributed by atoms with Crippen LogP contribution in [0.2, 0.25) is 10.0 Å². The molecule has 18 heavy (non-hydrogen) atoms. The zero-order chi connectivity index (χ0) is 13.1. The van der Waals surface area contributed by atoms with Crippen molar-refractivity contribution >= 4 is 34.8 Å². The number of benzene rings is 1. The number of Topliss-reactive ketones (excluding diaryl/α,β-unsaturated/α-hetero) is 2. The lowest BCUT2D eigenvalue weighted by Crippen LogP contribution is -2.37. The van der Waals surface area contributed by atoms with Crippen LogP contribution in [-0.4, -0.2) is 36.1 Å². The number of hydrogen-bond donors (Lipinski definition) is 0. The van der Waals surface area contributed by atoms with E-state index in [9.17, 15) is 9.59 Å². The minimum absolute atomic E-state index is 0.0361. The van der Waals surface area contributed by atoms with Crippen molar-refractivity contribution in [1.29, 1.82) is 0 Å². The Hall–Kier alpha value is -0.900. The number of halogens is 2. The van der Waals surface area contributed by atoms with Crippen LogP contribution in [0.5, 0.6) is 0 Å². The predicted molar refractivity (Wildman–Crippen MR) is 71.5 cm³/mol. The molecular formula is C13H13Cl2NO2.